The van der Waals surface area contributed by atoms with Crippen molar-refractivity contribution in [1.82, 2.24) is 4.98 Å². The molecule has 0 N–H and O–H groups in total. The zero-order valence-electron chi connectivity index (χ0n) is 7.71. The first-order chi connectivity index (χ1) is 6.13. The fourth-order valence-corrected chi connectivity index (χ4v) is 1.54. The van der Waals surface area contributed by atoms with E-state index in [0.29, 0.717) is 16.1 Å². The summed E-state index contributed by atoms with van der Waals surface area (Å²) >= 11 is 3.26. The Balaban J connectivity index is 2.91. The molecule has 1 aromatic heterocycles. The maximum absolute atomic E-state index is 8.67. The SMILES string of the molecule is CC(C)Cc1ccc(C#N)c(Br)n1. The first-order valence-corrected chi connectivity index (χ1v) is 4.98. The van der Waals surface area contributed by atoms with Crippen LogP contribution >= 0.6 is 15.9 Å². The number of nitriles is 1. The second kappa shape index (κ2) is 4.38. The summed E-state index contributed by atoms with van der Waals surface area (Å²) in [5, 5.41) is 8.67. The summed E-state index contributed by atoms with van der Waals surface area (Å²) in [6, 6.07) is 5.77. The molecule has 0 aromatic carbocycles. The second-order valence-electron chi connectivity index (χ2n) is 3.35. The molecule has 0 bridgehead atoms. The zero-order chi connectivity index (χ0) is 9.84. The summed E-state index contributed by atoms with van der Waals surface area (Å²) in [7, 11) is 0. The summed E-state index contributed by atoms with van der Waals surface area (Å²) in [5.41, 5.74) is 1.62. The van der Waals surface area contributed by atoms with Gasteiger partial charge in [0.1, 0.15) is 10.7 Å². The Bertz CT molecular complexity index is 339. The summed E-state index contributed by atoms with van der Waals surface area (Å²) in [6.45, 7) is 4.29. The molecule has 3 heteroatoms. The highest BCUT2D eigenvalue weighted by Crippen LogP contribution is 2.15. The quantitative estimate of drug-likeness (QED) is 0.744. The van der Waals surface area contributed by atoms with Crippen LogP contribution < -0.4 is 0 Å². The molecule has 0 saturated heterocycles. The van der Waals surface area contributed by atoms with Gasteiger partial charge in [-0.1, -0.05) is 13.8 Å². The Morgan fingerprint density at radius 2 is 2.23 bits per heavy atom. The van der Waals surface area contributed by atoms with Crippen molar-refractivity contribution in [3.05, 3.63) is 28.0 Å². The molecule has 0 fully saturated rings. The minimum atomic E-state index is 0.590. The molecule has 2 nitrogen and oxygen atoms in total. The van der Waals surface area contributed by atoms with Crippen molar-refractivity contribution < 1.29 is 0 Å². The molecule has 0 aliphatic rings. The van der Waals surface area contributed by atoms with Crippen molar-refractivity contribution in [1.29, 1.82) is 5.26 Å². The molecule has 0 unspecified atom stereocenters. The number of hydrogen-bond donors (Lipinski definition) is 0. The minimum absolute atomic E-state index is 0.590. The first kappa shape index (κ1) is 10.2. The van der Waals surface area contributed by atoms with Crippen LogP contribution in [0.3, 0.4) is 0 Å². The molecule has 0 saturated carbocycles. The Kier molecular flexibility index (Phi) is 3.44. The molecule has 13 heavy (non-hydrogen) atoms. The molecule has 1 rings (SSSR count). The van der Waals surface area contributed by atoms with Crippen LogP contribution in [0.15, 0.2) is 16.7 Å². The predicted octanol–water partition coefficient (Wildman–Crippen LogP) is 2.91. The van der Waals surface area contributed by atoms with Crippen molar-refractivity contribution in [2.75, 3.05) is 0 Å². The third-order valence-electron chi connectivity index (χ3n) is 1.64. The van der Waals surface area contributed by atoms with Crippen molar-refractivity contribution in [2.45, 2.75) is 20.3 Å². The Morgan fingerprint density at radius 3 is 2.69 bits per heavy atom. The van der Waals surface area contributed by atoms with Gasteiger partial charge in [-0.25, -0.2) is 4.98 Å². The predicted molar refractivity (Wildman–Crippen MR) is 55.2 cm³/mol. The van der Waals surface area contributed by atoms with Crippen LogP contribution in [0.4, 0.5) is 0 Å². The molecule has 68 valence electrons. The van der Waals surface area contributed by atoms with Crippen LogP contribution in [0.25, 0.3) is 0 Å². The van der Waals surface area contributed by atoms with Gasteiger partial charge in [0.2, 0.25) is 0 Å². The van der Waals surface area contributed by atoms with Gasteiger partial charge in [0.15, 0.2) is 0 Å². The molecule has 0 atom stereocenters. The van der Waals surface area contributed by atoms with E-state index in [0.717, 1.165) is 12.1 Å². The van der Waals surface area contributed by atoms with Crippen LogP contribution in [0.2, 0.25) is 0 Å². The highest BCUT2D eigenvalue weighted by Gasteiger charge is 2.03. The lowest BCUT2D eigenvalue weighted by Crippen LogP contribution is -1.98. The number of hydrogen-bond acceptors (Lipinski definition) is 2. The molecule has 1 heterocycles. The monoisotopic (exact) mass is 238 g/mol. The highest BCUT2D eigenvalue weighted by molar-refractivity contribution is 9.10. The maximum Gasteiger partial charge on any atom is 0.124 e. The van der Waals surface area contributed by atoms with Gasteiger partial charge in [-0.2, -0.15) is 5.26 Å². The molecule has 0 aliphatic carbocycles. The lowest BCUT2D eigenvalue weighted by molar-refractivity contribution is 0.634. The van der Waals surface area contributed by atoms with Gasteiger partial charge >= 0.3 is 0 Å². The molecular weight excluding hydrogens is 228 g/mol. The number of rotatable bonds is 2. The van der Waals surface area contributed by atoms with Gasteiger partial charge in [-0.15, -0.1) is 0 Å². The topological polar surface area (TPSA) is 36.7 Å². The summed E-state index contributed by atoms with van der Waals surface area (Å²) in [4.78, 5) is 4.28. The van der Waals surface area contributed by atoms with Gasteiger partial charge in [-0.3, -0.25) is 0 Å². The highest BCUT2D eigenvalue weighted by atomic mass is 79.9. The van der Waals surface area contributed by atoms with E-state index < -0.39 is 0 Å². The molecule has 0 spiro atoms. The van der Waals surface area contributed by atoms with Crippen LogP contribution in [-0.2, 0) is 6.42 Å². The minimum Gasteiger partial charge on any atom is -0.245 e. The molecule has 0 amide bonds. The average Bonchev–Trinajstić information content (AvgIpc) is 2.03. The molecular formula is C10H11BrN2. The molecule has 0 radical (unpaired) electrons. The Labute approximate surface area is 86.7 Å². The third kappa shape index (κ3) is 2.82. The van der Waals surface area contributed by atoms with Gasteiger partial charge in [-0.05, 0) is 40.4 Å². The van der Waals surface area contributed by atoms with E-state index in [1.165, 1.54) is 0 Å². The number of nitrogens with zero attached hydrogens (tertiary/aromatic N) is 2. The van der Waals surface area contributed by atoms with Crippen molar-refractivity contribution in [3.63, 3.8) is 0 Å². The fraction of sp³-hybridized carbons (Fsp3) is 0.400. The normalized spacial score (nSPS) is 10.1. The number of halogens is 1. The molecule has 0 aliphatic heterocycles. The first-order valence-electron chi connectivity index (χ1n) is 4.19. The van der Waals surface area contributed by atoms with Gasteiger partial charge < -0.3 is 0 Å². The van der Waals surface area contributed by atoms with Gasteiger partial charge in [0.05, 0.1) is 5.56 Å². The summed E-state index contributed by atoms with van der Waals surface area (Å²) in [6.07, 6.45) is 0.949. The Morgan fingerprint density at radius 1 is 1.54 bits per heavy atom. The lowest BCUT2D eigenvalue weighted by atomic mass is 10.1. The second-order valence-corrected chi connectivity index (χ2v) is 4.10. The van der Waals surface area contributed by atoms with Crippen molar-refractivity contribution >= 4 is 15.9 Å². The third-order valence-corrected chi connectivity index (χ3v) is 2.25. The van der Waals surface area contributed by atoms with Crippen LogP contribution in [0.5, 0.6) is 0 Å². The lowest BCUT2D eigenvalue weighted by Gasteiger charge is -2.04. The Hall–Kier alpha value is -0.880. The number of aromatic nitrogens is 1. The standard InChI is InChI=1S/C10H11BrN2/c1-7(2)5-9-4-3-8(6-12)10(11)13-9/h3-4,7H,5H2,1-2H3. The zero-order valence-corrected chi connectivity index (χ0v) is 9.30. The number of pyridine rings is 1. The summed E-state index contributed by atoms with van der Waals surface area (Å²) < 4.78 is 0.646. The van der Waals surface area contributed by atoms with E-state index in [4.69, 9.17) is 5.26 Å². The van der Waals surface area contributed by atoms with Crippen LogP contribution in [0, 0.1) is 17.2 Å². The maximum atomic E-state index is 8.67. The van der Waals surface area contributed by atoms with E-state index in [-0.39, 0.29) is 0 Å². The van der Waals surface area contributed by atoms with Crippen molar-refractivity contribution in [3.8, 4) is 6.07 Å². The van der Waals surface area contributed by atoms with Crippen LogP contribution in [-0.4, -0.2) is 4.98 Å². The van der Waals surface area contributed by atoms with E-state index in [1.807, 2.05) is 6.07 Å². The van der Waals surface area contributed by atoms with E-state index in [2.05, 4.69) is 40.8 Å². The van der Waals surface area contributed by atoms with Crippen molar-refractivity contribution in [2.24, 2.45) is 5.92 Å². The fourth-order valence-electron chi connectivity index (χ4n) is 1.09. The summed E-state index contributed by atoms with van der Waals surface area (Å²) in [5.74, 6) is 0.590. The largest absolute Gasteiger partial charge is 0.245 e. The van der Waals surface area contributed by atoms with Gasteiger partial charge in [0, 0.05) is 5.69 Å². The van der Waals surface area contributed by atoms with Crippen LogP contribution in [0.1, 0.15) is 25.1 Å². The van der Waals surface area contributed by atoms with Gasteiger partial charge in [0.25, 0.3) is 0 Å². The van der Waals surface area contributed by atoms with E-state index >= 15 is 0 Å². The smallest absolute Gasteiger partial charge is 0.124 e. The average molecular weight is 239 g/mol. The molecule has 1 aromatic rings. The van der Waals surface area contributed by atoms with E-state index in [9.17, 15) is 0 Å². The van der Waals surface area contributed by atoms with E-state index in [1.54, 1.807) is 6.07 Å².